The van der Waals surface area contributed by atoms with Crippen LogP contribution in [0.2, 0.25) is 0 Å². The van der Waals surface area contributed by atoms with E-state index in [1.165, 1.54) is 13.8 Å². The van der Waals surface area contributed by atoms with E-state index in [0.717, 1.165) is 6.26 Å². The lowest BCUT2D eigenvalue weighted by Crippen LogP contribution is -2.54. The summed E-state index contributed by atoms with van der Waals surface area (Å²) in [5.41, 5.74) is 9.31. The Bertz CT molecular complexity index is 347. The third kappa shape index (κ3) is 3.11. The fourth-order valence-electron chi connectivity index (χ4n) is 0.437. The fraction of sp³-hybridized carbons (Fsp3) is 0.667. The van der Waals surface area contributed by atoms with E-state index in [4.69, 9.17) is 5.73 Å². The number of sulfone groups is 1. The zero-order chi connectivity index (χ0) is 11.6. The van der Waals surface area contributed by atoms with Crippen LogP contribution in [0.25, 0.3) is 0 Å². The summed E-state index contributed by atoms with van der Waals surface area (Å²) in [5.74, 6) is -0.715. The Labute approximate surface area is 88.1 Å². The molecule has 0 fully saturated rings. The van der Waals surface area contributed by atoms with Crippen LogP contribution in [0, 0.1) is 0 Å². The highest BCUT2D eigenvalue weighted by atomic mass is 32.2. The average Bonchev–Trinajstić information content (AvgIpc) is 1.97. The standard InChI is InChI=1S/C6H13N3O3S2/c1-6(2,14(3,11)12)4(10)8-9-5(7)13/h1-3H3,(H,8,10)(H3,7,9,13). The molecule has 0 radical (unpaired) electrons. The molecule has 0 saturated heterocycles. The van der Waals surface area contributed by atoms with Crippen molar-refractivity contribution in [1.82, 2.24) is 10.9 Å². The first-order valence-electron chi connectivity index (χ1n) is 3.64. The molecule has 1 amide bonds. The van der Waals surface area contributed by atoms with Gasteiger partial charge in [0.2, 0.25) is 0 Å². The maximum atomic E-state index is 11.3. The van der Waals surface area contributed by atoms with Crippen molar-refractivity contribution in [2.24, 2.45) is 5.73 Å². The minimum atomic E-state index is -3.49. The van der Waals surface area contributed by atoms with Gasteiger partial charge in [0.1, 0.15) is 4.75 Å². The van der Waals surface area contributed by atoms with Crippen LogP contribution >= 0.6 is 12.2 Å². The van der Waals surface area contributed by atoms with Crippen molar-refractivity contribution in [2.45, 2.75) is 18.6 Å². The zero-order valence-corrected chi connectivity index (χ0v) is 9.75. The van der Waals surface area contributed by atoms with Crippen LogP contribution in [-0.2, 0) is 14.6 Å². The van der Waals surface area contributed by atoms with E-state index in [-0.39, 0.29) is 5.11 Å². The molecule has 0 aliphatic heterocycles. The van der Waals surface area contributed by atoms with Gasteiger partial charge in [0.05, 0.1) is 0 Å². The lowest BCUT2D eigenvalue weighted by atomic mass is 10.2. The van der Waals surface area contributed by atoms with Gasteiger partial charge in [-0.05, 0) is 26.1 Å². The SMILES string of the molecule is CC(C)(C(=O)NNC(N)=S)S(C)(=O)=O. The second-order valence-corrected chi connectivity index (χ2v) is 6.23. The second kappa shape index (κ2) is 4.09. The monoisotopic (exact) mass is 239 g/mol. The number of carbonyl (C=O) groups excluding carboxylic acids is 1. The number of nitrogens with one attached hydrogen (secondary N) is 2. The van der Waals surface area contributed by atoms with E-state index in [1.54, 1.807) is 0 Å². The Kier molecular flexibility index (Phi) is 3.83. The van der Waals surface area contributed by atoms with Gasteiger partial charge in [-0.15, -0.1) is 0 Å². The molecule has 0 aliphatic carbocycles. The Morgan fingerprint density at radius 1 is 1.36 bits per heavy atom. The number of amides is 1. The smallest absolute Gasteiger partial charge is 0.259 e. The largest absolute Gasteiger partial charge is 0.375 e. The van der Waals surface area contributed by atoms with Crippen LogP contribution in [-0.4, -0.2) is 30.4 Å². The molecular formula is C6H13N3O3S2. The van der Waals surface area contributed by atoms with Gasteiger partial charge in [-0.25, -0.2) is 8.42 Å². The summed E-state index contributed by atoms with van der Waals surface area (Å²) in [5, 5.41) is -0.136. The number of carbonyl (C=O) groups is 1. The molecule has 0 aromatic carbocycles. The minimum Gasteiger partial charge on any atom is -0.375 e. The lowest BCUT2D eigenvalue weighted by molar-refractivity contribution is -0.123. The molecule has 0 aromatic rings. The van der Waals surface area contributed by atoms with Gasteiger partial charge in [-0.3, -0.25) is 15.6 Å². The minimum absolute atomic E-state index is 0.136. The number of thiocarbonyl (C=S) groups is 1. The van der Waals surface area contributed by atoms with Gasteiger partial charge < -0.3 is 5.73 Å². The van der Waals surface area contributed by atoms with Crippen LogP contribution in [0.15, 0.2) is 0 Å². The molecule has 0 unspecified atom stereocenters. The predicted octanol–water partition coefficient (Wildman–Crippen LogP) is -1.33. The fourth-order valence-corrected chi connectivity index (χ4v) is 0.876. The Hall–Kier alpha value is -0.890. The Morgan fingerprint density at radius 3 is 2.07 bits per heavy atom. The number of rotatable bonds is 2. The first kappa shape index (κ1) is 13.1. The van der Waals surface area contributed by atoms with Gasteiger partial charge >= 0.3 is 0 Å². The molecule has 0 spiro atoms. The zero-order valence-electron chi connectivity index (χ0n) is 8.12. The van der Waals surface area contributed by atoms with Crippen LogP contribution in [0.5, 0.6) is 0 Å². The molecule has 6 nitrogen and oxygen atoms in total. The summed E-state index contributed by atoms with van der Waals surface area (Å²) in [6, 6.07) is 0. The van der Waals surface area contributed by atoms with E-state index in [9.17, 15) is 13.2 Å². The first-order chi connectivity index (χ1) is 6.09. The summed E-state index contributed by atoms with van der Waals surface area (Å²) in [6.45, 7) is 2.58. The van der Waals surface area contributed by atoms with Crippen molar-refractivity contribution in [3.05, 3.63) is 0 Å². The third-order valence-corrected chi connectivity index (χ3v) is 3.91. The van der Waals surface area contributed by atoms with E-state index in [1.807, 2.05) is 0 Å². The molecule has 0 aliphatic rings. The number of hydrogen-bond donors (Lipinski definition) is 3. The molecule has 8 heteroatoms. The van der Waals surface area contributed by atoms with Gasteiger partial charge in [0.15, 0.2) is 14.9 Å². The van der Waals surface area contributed by atoms with Crippen LogP contribution in [0.4, 0.5) is 0 Å². The van der Waals surface area contributed by atoms with Crippen LogP contribution < -0.4 is 16.6 Å². The summed E-state index contributed by atoms with van der Waals surface area (Å²) >= 11 is 4.43. The van der Waals surface area contributed by atoms with E-state index < -0.39 is 20.5 Å². The maximum absolute atomic E-state index is 11.3. The summed E-state index contributed by atoms with van der Waals surface area (Å²) in [4.78, 5) is 11.3. The van der Waals surface area contributed by atoms with Crippen molar-refractivity contribution < 1.29 is 13.2 Å². The van der Waals surface area contributed by atoms with E-state index in [0.29, 0.717) is 0 Å². The maximum Gasteiger partial charge on any atom is 0.259 e. The van der Waals surface area contributed by atoms with Gasteiger partial charge in [-0.2, -0.15) is 0 Å². The highest BCUT2D eigenvalue weighted by molar-refractivity contribution is 7.92. The molecular weight excluding hydrogens is 226 g/mol. The summed E-state index contributed by atoms with van der Waals surface area (Å²) in [6.07, 6.45) is 0.980. The number of nitrogens with two attached hydrogens (primary N) is 1. The van der Waals surface area contributed by atoms with E-state index >= 15 is 0 Å². The second-order valence-electron chi connectivity index (χ2n) is 3.23. The van der Waals surface area contributed by atoms with Crippen LogP contribution in [0.1, 0.15) is 13.8 Å². The van der Waals surface area contributed by atoms with Crippen LogP contribution in [0.3, 0.4) is 0 Å². The predicted molar refractivity (Wildman–Crippen MR) is 57.0 cm³/mol. The van der Waals surface area contributed by atoms with Crippen molar-refractivity contribution in [2.75, 3.05) is 6.26 Å². The molecule has 4 N–H and O–H groups in total. The molecule has 0 bridgehead atoms. The summed E-state index contributed by atoms with van der Waals surface area (Å²) in [7, 11) is -3.49. The molecule has 82 valence electrons. The highest BCUT2D eigenvalue weighted by Crippen LogP contribution is 2.14. The van der Waals surface area contributed by atoms with Crippen molar-refractivity contribution in [1.29, 1.82) is 0 Å². The topological polar surface area (TPSA) is 101 Å². The molecule has 14 heavy (non-hydrogen) atoms. The third-order valence-electron chi connectivity index (χ3n) is 1.77. The normalized spacial score (nSPS) is 11.9. The van der Waals surface area contributed by atoms with E-state index in [2.05, 4.69) is 23.1 Å². The van der Waals surface area contributed by atoms with Gasteiger partial charge in [0.25, 0.3) is 5.91 Å². The average molecular weight is 239 g/mol. The molecule has 0 rings (SSSR count). The van der Waals surface area contributed by atoms with Gasteiger partial charge in [-0.1, -0.05) is 0 Å². The van der Waals surface area contributed by atoms with Crippen molar-refractivity contribution in [3.8, 4) is 0 Å². The molecule has 0 heterocycles. The lowest BCUT2D eigenvalue weighted by Gasteiger charge is -2.21. The number of hydrogen-bond acceptors (Lipinski definition) is 4. The molecule has 0 saturated carbocycles. The van der Waals surface area contributed by atoms with Crippen molar-refractivity contribution in [3.63, 3.8) is 0 Å². The first-order valence-corrected chi connectivity index (χ1v) is 5.94. The molecule has 0 atom stereocenters. The summed E-state index contributed by atoms with van der Waals surface area (Å²) < 4.78 is 20.8. The highest BCUT2D eigenvalue weighted by Gasteiger charge is 2.38. The quantitative estimate of drug-likeness (QED) is 0.408. The van der Waals surface area contributed by atoms with Gasteiger partial charge in [0, 0.05) is 6.26 Å². The Morgan fingerprint density at radius 2 is 1.79 bits per heavy atom. The van der Waals surface area contributed by atoms with Crippen molar-refractivity contribution >= 4 is 33.1 Å². The number of hydrazine groups is 1. The Balaban J connectivity index is 4.62. The molecule has 0 aromatic heterocycles.